The Hall–Kier alpha value is 0.137. The Morgan fingerprint density at radius 2 is 1.69 bits per heavy atom. The summed E-state index contributed by atoms with van der Waals surface area (Å²) in [5.74, 6) is 0. The zero-order valence-corrected chi connectivity index (χ0v) is 10.6. The average molecular weight is 203 g/mol. The molecule has 0 saturated heterocycles. The zero-order valence-electron chi connectivity index (χ0n) is 9.64. The minimum atomic E-state index is -1.56. The molecule has 0 spiro atoms. The fourth-order valence-corrected chi connectivity index (χ4v) is 1.70. The van der Waals surface area contributed by atoms with Gasteiger partial charge in [0.15, 0.2) is 8.32 Å². The average Bonchev–Trinajstić information content (AvgIpc) is 1.96. The quantitative estimate of drug-likeness (QED) is 0.505. The molecule has 0 aliphatic carbocycles. The lowest BCUT2D eigenvalue weighted by molar-refractivity contribution is 0.114. The largest absolute Gasteiger partial charge is 0.414 e. The summed E-state index contributed by atoms with van der Waals surface area (Å²) in [5, 5.41) is 0.289. The van der Waals surface area contributed by atoms with E-state index >= 15 is 0 Å². The van der Waals surface area contributed by atoms with Crippen LogP contribution in [-0.2, 0) is 9.16 Å². The molecule has 0 heterocycles. The van der Waals surface area contributed by atoms with Gasteiger partial charge in [0, 0.05) is 6.61 Å². The molecule has 3 heteroatoms. The summed E-state index contributed by atoms with van der Waals surface area (Å²) < 4.78 is 11.0. The van der Waals surface area contributed by atoms with Crippen LogP contribution >= 0.6 is 0 Å². The van der Waals surface area contributed by atoms with Crippen LogP contribution in [0.2, 0.25) is 18.1 Å². The summed E-state index contributed by atoms with van der Waals surface area (Å²) in [6.07, 6.45) is 0. The first-order chi connectivity index (χ1) is 5.81. The number of rotatable bonds is 5. The molecule has 0 bridgehead atoms. The van der Waals surface area contributed by atoms with E-state index in [-0.39, 0.29) is 5.04 Å². The van der Waals surface area contributed by atoms with Crippen molar-refractivity contribution < 1.29 is 9.16 Å². The molecule has 0 fully saturated rings. The van der Waals surface area contributed by atoms with E-state index in [0.29, 0.717) is 19.8 Å². The molecule has 0 unspecified atom stereocenters. The summed E-state index contributed by atoms with van der Waals surface area (Å²) in [4.78, 5) is 0. The van der Waals surface area contributed by atoms with Crippen molar-refractivity contribution in [1.82, 2.24) is 0 Å². The molecular formula is C10H23O2Si. The standard InChI is InChI=1S/C10H23O2Si/c1-7-11-8-9-12-13(5,6)10(2,3)4/h1,7-9H2,2-6H3. The topological polar surface area (TPSA) is 18.5 Å². The second-order valence-electron chi connectivity index (χ2n) is 4.72. The van der Waals surface area contributed by atoms with Gasteiger partial charge in [-0.2, -0.15) is 0 Å². The molecule has 0 aromatic carbocycles. The number of hydrogen-bond acceptors (Lipinski definition) is 2. The van der Waals surface area contributed by atoms with Crippen LogP contribution in [0.5, 0.6) is 0 Å². The van der Waals surface area contributed by atoms with Crippen molar-refractivity contribution in [2.75, 3.05) is 19.8 Å². The van der Waals surface area contributed by atoms with E-state index in [1.807, 2.05) is 0 Å². The van der Waals surface area contributed by atoms with Crippen LogP contribution in [0.1, 0.15) is 20.8 Å². The molecule has 0 aliphatic heterocycles. The van der Waals surface area contributed by atoms with Crippen LogP contribution in [0.4, 0.5) is 0 Å². The predicted molar refractivity (Wildman–Crippen MR) is 59.3 cm³/mol. The van der Waals surface area contributed by atoms with Crippen LogP contribution in [0.15, 0.2) is 0 Å². The van der Waals surface area contributed by atoms with Crippen LogP contribution in [-0.4, -0.2) is 28.1 Å². The third-order valence-electron chi connectivity index (χ3n) is 2.64. The smallest absolute Gasteiger partial charge is 0.192 e. The third-order valence-corrected chi connectivity index (χ3v) is 7.18. The molecule has 0 amide bonds. The Labute approximate surface area is 83.8 Å². The van der Waals surface area contributed by atoms with Gasteiger partial charge in [-0.05, 0) is 25.1 Å². The molecule has 1 radical (unpaired) electrons. The summed E-state index contributed by atoms with van der Waals surface area (Å²) in [7, 11) is -1.56. The highest BCUT2D eigenvalue weighted by Gasteiger charge is 2.36. The lowest BCUT2D eigenvalue weighted by Crippen LogP contribution is -2.41. The highest BCUT2D eigenvalue weighted by Crippen LogP contribution is 2.36. The highest BCUT2D eigenvalue weighted by molar-refractivity contribution is 6.74. The van der Waals surface area contributed by atoms with Gasteiger partial charge < -0.3 is 9.16 Å². The van der Waals surface area contributed by atoms with Gasteiger partial charge in [0.1, 0.15) is 0 Å². The van der Waals surface area contributed by atoms with Crippen LogP contribution in [0.25, 0.3) is 0 Å². The van der Waals surface area contributed by atoms with Gasteiger partial charge in [-0.25, -0.2) is 0 Å². The SMILES string of the molecule is [CH2]COCCO[Si](C)(C)C(C)(C)C. The summed E-state index contributed by atoms with van der Waals surface area (Å²) in [6, 6.07) is 0. The lowest BCUT2D eigenvalue weighted by Gasteiger charge is -2.36. The minimum Gasteiger partial charge on any atom is -0.414 e. The summed E-state index contributed by atoms with van der Waals surface area (Å²) in [5.41, 5.74) is 0. The van der Waals surface area contributed by atoms with Crippen molar-refractivity contribution in [2.24, 2.45) is 0 Å². The van der Waals surface area contributed by atoms with Gasteiger partial charge in [-0.15, -0.1) is 0 Å². The van der Waals surface area contributed by atoms with Crippen molar-refractivity contribution in [1.29, 1.82) is 0 Å². The predicted octanol–water partition coefficient (Wildman–Crippen LogP) is 2.86. The van der Waals surface area contributed by atoms with E-state index in [1.54, 1.807) is 0 Å². The Bertz CT molecular complexity index is 138. The van der Waals surface area contributed by atoms with Crippen LogP contribution in [0, 0.1) is 6.92 Å². The molecule has 2 nitrogen and oxygen atoms in total. The third kappa shape index (κ3) is 4.79. The van der Waals surface area contributed by atoms with Crippen molar-refractivity contribution in [3.8, 4) is 0 Å². The lowest BCUT2D eigenvalue weighted by atomic mass is 10.2. The Kier molecular flexibility index (Phi) is 5.18. The van der Waals surface area contributed by atoms with Gasteiger partial charge in [0.2, 0.25) is 0 Å². The Morgan fingerprint density at radius 3 is 2.08 bits per heavy atom. The van der Waals surface area contributed by atoms with Gasteiger partial charge >= 0.3 is 0 Å². The molecule has 13 heavy (non-hydrogen) atoms. The molecule has 79 valence electrons. The van der Waals surface area contributed by atoms with E-state index < -0.39 is 8.32 Å². The number of hydrogen-bond donors (Lipinski definition) is 0. The van der Waals surface area contributed by atoms with Crippen molar-refractivity contribution in [2.45, 2.75) is 38.9 Å². The molecule has 0 aliphatic rings. The Balaban J connectivity index is 3.77. The first-order valence-corrected chi connectivity index (χ1v) is 7.73. The molecule has 0 aromatic rings. The van der Waals surface area contributed by atoms with Crippen molar-refractivity contribution >= 4 is 8.32 Å². The molecule has 0 saturated carbocycles. The van der Waals surface area contributed by atoms with E-state index in [9.17, 15) is 0 Å². The van der Waals surface area contributed by atoms with Crippen molar-refractivity contribution in [3.05, 3.63) is 6.92 Å². The first kappa shape index (κ1) is 13.1. The highest BCUT2D eigenvalue weighted by atomic mass is 28.4. The zero-order chi connectivity index (χ0) is 10.5. The maximum absolute atomic E-state index is 5.88. The fourth-order valence-electron chi connectivity index (χ4n) is 0.674. The second-order valence-corrected chi connectivity index (χ2v) is 9.53. The van der Waals surface area contributed by atoms with E-state index in [4.69, 9.17) is 9.16 Å². The van der Waals surface area contributed by atoms with Gasteiger partial charge in [-0.3, -0.25) is 0 Å². The maximum atomic E-state index is 5.88. The molecule has 0 rings (SSSR count). The van der Waals surface area contributed by atoms with Gasteiger partial charge in [-0.1, -0.05) is 20.8 Å². The Morgan fingerprint density at radius 1 is 1.15 bits per heavy atom. The van der Waals surface area contributed by atoms with Crippen LogP contribution in [0.3, 0.4) is 0 Å². The number of ether oxygens (including phenoxy) is 1. The monoisotopic (exact) mass is 203 g/mol. The second kappa shape index (κ2) is 5.13. The van der Waals surface area contributed by atoms with Crippen molar-refractivity contribution in [3.63, 3.8) is 0 Å². The normalized spacial score (nSPS) is 13.4. The molecular weight excluding hydrogens is 180 g/mol. The molecule has 0 N–H and O–H groups in total. The summed E-state index contributed by atoms with van der Waals surface area (Å²) in [6.45, 7) is 16.7. The molecule has 0 atom stereocenters. The minimum absolute atomic E-state index is 0.289. The van der Waals surface area contributed by atoms with E-state index in [1.165, 1.54) is 0 Å². The van der Waals surface area contributed by atoms with E-state index in [0.717, 1.165) is 0 Å². The first-order valence-electron chi connectivity index (χ1n) is 4.82. The van der Waals surface area contributed by atoms with Gasteiger partial charge in [0.05, 0.1) is 13.2 Å². The fraction of sp³-hybridized carbons (Fsp3) is 0.900. The van der Waals surface area contributed by atoms with Crippen LogP contribution < -0.4 is 0 Å². The maximum Gasteiger partial charge on any atom is 0.192 e. The molecule has 0 aromatic heterocycles. The van der Waals surface area contributed by atoms with Gasteiger partial charge in [0.25, 0.3) is 0 Å². The summed E-state index contributed by atoms with van der Waals surface area (Å²) >= 11 is 0. The van der Waals surface area contributed by atoms with E-state index in [2.05, 4.69) is 40.8 Å².